The molecule has 6 heteroatoms. The average molecular weight is 467 g/mol. The zero-order valence-electron chi connectivity index (χ0n) is 10.3. The van der Waals surface area contributed by atoms with Gasteiger partial charge in [-0.1, -0.05) is 59.9 Å². The van der Waals surface area contributed by atoms with E-state index in [1.165, 1.54) is 6.07 Å². The van der Waals surface area contributed by atoms with Crippen LogP contribution in [-0.4, -0.2) is 0 Å². The van der Waals surface area contributed by atoms with Gasteiger partial charge < -0.3 is 0 Å². The summed E-state index contributed by atoms with van der Waals surface area (Å²) in [6.45, 7) is 0. The minimum Gasteiger partial charge on any atom is -0.271 e. The summed E-state index contributed by atoms with van der Waals surface area (Å²) >= 11 is 10.2. The Morgan fingerprint density at radius 3 is 2.30 bits per heavy atom. The van der Waals surface area contributed by atoms with E-state index in [1.807, 2.05) is 24.3 Å². The van der Waals surface area contributed by atoms with E-state index >= 15 is 0 Å². The number of rotatable bonds is 4. The van der Waals surface area contributed by atoms with Crippen LogP contribution >= 0.6 is 47.8 Å². The molecule has 0 spiro atoms. The molecule has 106 valence electrons. The molecule has 2 aromatic carbocycles. The molecule has 1 unspecified atom stereocenters. The lowest BCUT2D eigenvalue weighted by molar-refractivity contribution is 0.527. The van der Waals surface area contributed by atoms with Crippen LogP contribution in [0.3, 0.4) is 0 Å². The van der Waals surface area contributed by atoms with Gasteiger partial charge in [0.05, 0.1) is 6.04 Å². The smallest absolute Gasteiger partial charge is 0.127 e. The number of benzene rings is 2. The van der Waals surface area contributed by atoms with Crippen LogP contribution in [0.25, 0.3) is 0 Å². The fourth-order valence-corrected chi connectivity index (χ4v) is 3.61. The molecule has 0 aliphatic carbocycles. The summed E-state index contributed by atoms with van der Waals surface area (Å²) in [6, 6.07) is 10.7. The first-order valence-corrected chi connectivity index (χ1v) is 8.24. The lowest BCUT2D eigenvalue weighted by Gasteiger charge is -2.18. The first kappa shape index (κ1) is 16.1. The van der Waals surface area contributed by atoms with Crippen molar-refractivity contribution in [2.45, 2.75) is 12.5 Å². The molecule has 0 radical (unpaired) electrons. The van der Waals surface area contributed by atoms with Crippen LogP contribution in [0.5, 0.6) is 0 Å². The molecule has 3 N–H and O–H groups in total. The van der Waals surface area contributed by atoms with Crippen molar-refractivity contribution in [2.24, 2.45) is 5.84 Å². The molecule has 2 rings (SSSR count). The van der Waals surface area contributed by atoms with Gasteiger partial charge in [-0.25, -0.2) is 4.39 Å². The van der Waals surface area contributed by atoms with Gasteiger partial charge in [-0.05, 0) is 41.8 Å². The number of halogens is 4. The second-order valence-corrected chi connectivity index (χ2v) is 7.01. The minimum atomic E-state index is -0.243. The van der Waals surface area contributed by atoms with Gasteiger partial charge in [0.2, 0.25) is 0 Å². The van der Waals surface area contributed by atoms with Gasteiger partial charge in [-0.3, -0.25) is 11.3 Å². The van der Waals surface area contributed by atoms with Crippen LogP contribution in [-0.2, 0) is 6.42 Å². The Bertz CT molecular complexity index is 619. The third-order valence-corrected chi connectivity index (χ3v) is 4.65. The summed E-state index contributed by atoms with van der Waals surface area (Å²) < 4.78 is 16.5. The Balaban J connectivity index is 2.28. The Morgan fingerprint density at radius 1 is 1.05 bits per heavy atom. The van der Waals surface area contributed by atoms with E-state index in [0.29, 0.717) is 12.0 Å². The number of nitrogens with two attached hydrogens (primary N) is 1. The summed E-state index contributed by atoms with van der Waals surface area (Å²) in [5.41, 5.74) is 4.35. The molecule has 0 aliphatic rings. The summed E-state index contributed by atoms with van der Waals surface area (Å²) in [5.74, 6) is 5.38. The summed E-state index contributed by atoms with van der Waals surface area (Å²) in [6.07, 6.45) is 0.468. The number of hydrazine groups is 1. The summed E-state index contributed by atoms with van der Waals surface area (Å²) in [7, 11) is 0. The maximum atomic E-state index is 13.9. The van der Waals surface area contributed by atoms with E-state index in [2.05, 4.69) is 53.2 Å². The maximum absolute atomic E-state index is 13.9. The van der Waals surface area contributed by atoms with E-state index in [9.17, 15) is 4.39 Å². The standard InChI is InChI=1S/C14H12Br3FN2/c15-9-3-4-11(12(17)6-9)14(20-19)5-8-1-2-10(16)7-13(8)18/h1-4,6-7,14,20H,5,19H2. The highest BCUT2D eigenvalue weighted by molar-refractivity contribution is 9.11. The summed E-state index contributed by atoms with van der Waals surface area (Å²) in [5, 5.41) is 0. The van der Waals surface area contributed by atoms with E-state index in [0.717, 1.165) is 19.0 Å². The highest BCUT2D eigenvalue weighted by Gasteiger charge is 2.16. The molecule has 0 amide bonds. The van der Waals surface area contributed by atoms with Crippen LogP contribution < -0.4 is 11.3 Å². The Morgan fingerprint density at radius 2 is 1.70 bits per heavy atom. The van der Waals surface area contributed by atoms with Crippen LogP contribution in [0.15, 0.2) is 49.8 Å². The molecule has 0 fully saturated rings. The lowest BCUT2D eigenvalue weighted by atomic mass is 9.99. The molecule has 2 aromatic rings. The zero-order valence-corrected chi connectivity index (χ0v) is 15.1. The molecule has 0 saturated heterocycles. The van der Waals surface area contributed by atoms with Crippen molar-refractivity contribution >= 4 is 47.8 Å². The zero-order chi connectivity index (χ0) is 14.7. The topological polar surface area (TPSA) is 38.0 Å². The van der Waals surface area contributed by atoms with E-state index in [1.54, 1.807) is 6.07 Å². The van der Waals surface area contributed by atoms with Gasteiger partial charge in [0.15, 0.2) is 0 Å². The Labute approximate surface area is 142 Å². The molecule has 1 atom stereocenters. The fourth-order valence-electron chi connectivity index (χ4n) is 1.95. The second kappa shape index (κ2) is 7.13. The molecule has 2 nitrogen and oxygen atoms in total. The third kappa shape index (κ3) is 3.89. The predicted octanol–water partition coefficient (Wildman–Crippen LogP) is 4.86. The summed E-state index contributed by atoms with van der Waals surface area (Å²) in [4.78, 5) is 0. The highest BCUT2D eigenvalue weighted by atomic mass is 79.9. The molecule has 20 heavy (non-hydrogen) atoms. The third-order valence-electron chi connectivity index (χ3n) is 2.98. The van der Waals surface area contributed by atoms with Crippen LogP contribution in [0.1, 0.15) is 17.2 Å². The molecule has 0 aromatic heterocycles. The van der Waals surface area contributed by atoms with Gasteiger partial charge in [0.1, 0.15) is 5.82 Å². The van der Waals surface area contributed by atoms with Crippen molar-refractivity contribution in [1.82, 2.24) is 5.43 Å². The first-order valence-electron chi connectivity index (χ1n) is 5.86. The number of nitrogens with one attached hydrogen (secondary N) is 1. The van der Waals surface area contributed by atoms with Crippen molar-refractivity contribution in [2.75, 3.05) is 0 Å². The molecular formula is C14H12Br3FN2. The maximum Gasteiger partial charge on any atom is 0.127 e. The largest absolute Gasteiger partial charge is 0.271 e. The fraction of sp³-hybridized carbons (Fsp3) is 0.143. The normalized spacial score (nSPS) is 12.4. The van der Waals surface area contributed by atoms with E-state index < -0.39 is 0 Å². The van der Waals surface area contributed by atoms with Crippen LogP contribution in [0, 0.1) is 5.82 Å². The monoisotopic (exact) mass is 464 g/mol. The lowest BCUT2D eigenvalue weighted by Crippen LogP contribution is -2.30. The molecule has 0 aliphatic heterocycles. The van der Waals surface area contributed by atoms with Crippen molar-refractivity contribution in [1.29, 1.82) is 0 Å². The first-order chi connectivity index (χ1) is 9.51. The second-order valence-electron chi connectivity index (χ2n) is 4.32. The van der Waals surface area contributed by atoms with Crippen molar-refractivity contribution < 1.29 is 4.39 Å². The SMILES string of the molecule is NNC(Cc1ccc(Br)cc1F)c1ccc(Br)cc1Br. The van der Waals surface area contributed by atoms with E-state index in [-0.39, 0.29) is 11.9 Å². The minimum absolute atomic E-state index is 0.173. The molecule has 0 saturated carbocycles. The van der Waals surface area contributed by atoms with Crippen LogP contribution in [0.2, 0.25) is 0 Å². The molecule has 0 bridgehead atoms. The van der Waals surface area contributed by atoms with Crippen molar-refractivity contribution in [3.05, 3.63) is 66.8 Å². The number of hydrogen-bond donors (Lipinski definition) is 2. The van der Waals surface area contributed by atoms with Gasteiger partial charge in [0.25, 0.3) is 0 Å². The van der Waals surface area contributed by atoms with Gasteiger partial charge >= 0.3 is 0 Å². The predicted molar refractivity (Wildman–Crippen MR) is 89.7 cm³/mol. The van der Waals surface area contributed by atoms with Crippen LogP contribution in [0.4, 0.5) is 4.39 Å². The van der Waals surface area contributed by atoms with Gasteiger partial charge in [-0.15, -0.1) is 0 Å². The molecule has 0 heterocycles. The van der Waals surface area contributed by atoms with E-state index in [4.69, 9.17) is 5.84 Å². The van der Waals surface area contributed by atoms with Gasteiger partial charge in [0, 0.05) is 13.4 Å². The Hall–Kier alpha value is -0.270. The van der Waals surface area contributed by atoms with Crippen molar-refractivity contribution in [3.63, 3.8) is 0 Å². The quantitative estimate of drug-likeness (QED) is 0.499. The average Bonchev–Trinajstić information content (AvgIpc) is 2.39. The molecular weight excluding hydrogens is 455 g/mol. The highest BCUT2D eigenvalue weighted by Crippen LogP contribution is 2.29. The Kier molecular flexibility index (Phi) is 5.74. The van der Waals surface area contributed by atoms with Gasteiger partial charge in [-0.2, -0.15) is 0 Å². The number of hydrogen-bond acceptors (Lipinski definition) is 2. The van der Waals surface area contributed by atoms with Crippen molar-refractivity contribution in [3.8, 4) is 0 Å².